The summed E-state index contributed by atoms with van der Waals surface area (Å²) in [5.74, 6) is -0.218. The lowest BCUT2D eigenvalue weighted by atomic mass is 9.94. The molecule has 7 nitrogen and oxygen atoms in total. The summed E-state index contributed by atoms with van der Waals surface area (Å²) in [6.45, 7) is 0.522. The van der Waals surface area contributed by atoms with E-state index >= 15 is 0 Å². The van der Waals surface area contributed by atoms with Gasteiger partial charge in [0.05, 0.1) is 11.9 Å². The second kappa shape index (κ2) is 7.54. The van der Waals surface area contributed by atoms with Crippen LogP contribution in [0.4, 0.5) is 5.69 Å². The molecule has 2 aromatic rings. The van der Waals surface area contributed by atoms with Crippen molar-refractivity contribution in [2.24, 2.45) is 5.92 Å². The minimum Gasteiger partial charge on any atom is -0.348 e. The fraction of sp³-hybridized carbons (Fsp3) is 0.294. The van der Waals surface area contributed by atoms with Gasteiger partial charge in [-0.05, 0) is 37.3 Å². The third-order valence-electron chi connectivity index (χ3n) is 3.91. The zero-order valence-electron chi connectivity index (χ0n) is 13.2. The third-order valence-corrected chi connectivity index (χ3v) is 3.91. The number of pyridine rings is 1. The van der Waals surface area contributed by atoms with E-state index in [2.05, 4.69) is 32.8 Å². The number of hydrogen-bond donors (Lipinski definition) is 2. The Morgan fingerprint density at radius 1 is 1.25 bits per heavy atom. The van der Waals surface area contributed by atoms with Crippen molar-refractivity contribution >= 4 is 17.5 Å². The zero-order valence-corrected chi connectivity index (χ0v) is 13.2. The molecule has 24 heavy (non-hydrogen) atoms. The Hall–Kier alpha value is -2.96. The Bertz CT molecular complexity index is 722. The smallest absolute Gasteiger partial charge is 0.313 e. The largest absolute Gasteiger partial charge is 0.348 e. The van der Waals surface area contributed by atoms with Crippen LogP contribution in [0.5, 0.6) is 0 Å². The molecule has 0 bridgehead atoms. The van der Waals surface area contributed by atoms with Crippen molar-refractivity contribution in [3.8, 4) is 5.82 Å². The molecule has 2 amide bonds. The molecule has 7 heteroatoms. The number of imidazole rings is 1. The maximum absolute atomic E-state index is 11.9. The highest BCUT2D eigenvalue weighted by atomic mass is 16.2. The minimum atomic E-state index is -0.682. The van der Waals surface area contributed by atoms with Crippen molar-refractivity contribution in [2.75, 3.05) is 11.9 Å². The first-order valence-corrected chi connectivity index (χ1v) is 7.91. The molecule has 1 unspecified atom stereocenters. The van der Waals surface area contributed by atoms with Crippen molar-refractivity contribution in [2.45, 2.75) is 19.3 Å². The van der Waals surface area contributed by atoms with Crippen molar-refractivity contribution < 1.29 is 9.59 Å². The Kier molecular flexibility index (Phi) is 5.00. The number of rotatable bonds is 4. The van der Waals surface area contributed by atoms with Crippen LogP contribution in [-0.4, -0.2) is 32.9 Å². The average molecular weight is 325 g/mol. The molecule has 0 aliphatic heterocycles. The number of carbonyl (C=O) groups is 2. The summed E-state index contributed by atoms with van der Waals surface area (Å²) < 4.78 is 1.75. The van der Waals surface area contributed by atoms with Crippen LogP contribution in [0.15, 0.2) is 49.2 Å². The van der Waals surface area contributed by atoms with Gasteiger partial charge < -0.3 is 10.6 Å². The summed E-state index contributed by atoms with van der Waals surface area (Å²) in [7, 11) is 0. The fourth-order valence-corrected chi connectivity index (χ4v) is 2.55. The molecule has 0 saturated carbocycles. The van der Waals surface area contributed by atoms with Crippen LogP contribution >= 0.6 is 0 Å². The van der Waals surface area contributed by atoms with E-state index in [1.165, 1.54) is 6.20 Å². The van der Waals surface area contributed by atoms with Gasteiger partial charge in [-0.25, -0.2) is 9.97 Å². The van der Waals surface area contributed by atoms with E-state index in [9.17, 15) is 9.59 Å². The van der Waals surface area contributed by atoms with Crippen LogP contribution in [0.25, 0.3) is 5.82 Å². The number of carbonyl (C=O) groups excluding carboxylic acids is 2. The lowest BCUT2D eigenvalue weighted by Gasteiger charge is -2.17. The standard InChI is InChI=1S/C17H19N5O2/c23-16(20-10-13-4-2-1-3-5-13)17(24)21-14-6-7-15(19-11-14)22-9-8-18-12-22/h1-2,6-9,11-13H,3-5,10H2,(H,20,23)(H,21,24). The maximum atomic E-state index is 11.9. The Morgan fingerprint density at radius 3 is 2.83 bits per heavy atom. The fourth-order valence-electron chi connectivity index (χ4n) is 2.55. The monoisotopic (exact) mass is 325 g/mol. The average Bonchev–Trinajstić information content (AvgIpc) is 3.16. The van der Waals surface area contributed by atoms with Crippen LogP contribution in [0, 0.1) is 5.92 Å². The van der Waals surface area contributed by atoms with Crippen LogP contribution in [0.3, 0.4) is 0 Å². The number of amides is 2. The van der Waals surface area contributed by atoms with Crippen LogP contribution in [0.1, 0.15) is 19.3 Å². The van der Waals surface area contributed by atoms with Crippen LogP contribution in [0.2, 0.25) is 0 Å². The number of hydrogen-bond acceptors (Lipinski definition) is 4. The first-order chi connectivity index (χ1) is 11.7. The van der Waals surface area contributed by atoms with Gasteiger partial charge in [0.2, 0.25) is 0 Å². The van der Waals surface area contributed by atoms with E-state index in [1.54, 1.807) is 35.4 Å². The Labute approximate surface area is 139 Å². The van der Waals surface area contributed by atoms with Crippen LogP contribution in [-0.2, 0) is 9.59 Å². The van der Waals surface area contributed by atoms with Crippen molar-refractivity contribution in [1.82, 2.24) is 19.9 Å². The van der Waals surface area contributed by atoms with Crippen molar-refractivity contribution in [1.29, 1.82) is 0 Å². The SMILES string of the molecule is O=C(NCC1CC=CCC1)C(=O)Nc1ccc(-n2ccnc2)nc1. The molecule has 0 radical (unpaired) electrons. The van der Waals surface area contributed by atoms with E-state index in [4.69, 9.17) is 0 Å². The number of nitrogens with one attached hydrogen (secondary N) is 2. The van der Waals surface area contributed by atoms with Crippen molar-refractivity contribution in [3.05, 3.63) is 49.2 Å². The Balaban J connectivity index is 1.50. The quantitative estimate of drug-likeness (QED) is 0.661. The van der Waals surface area contributed by atoms with Crippen molar-refractivity contribution in [3.63, 3.8) is 0 Å². The molecule has 1 aliphatic rings. The summed E-state index contributed by atoms with van der Waals surface area (Å²) in [6, 6.07) is 3.43. The summed E-state index contributed by atoms with van der Waals surface area (Å²) in [5, 5.41) is 5.24. The van der Waals surface area contributed by atoms with Gasteiger partial charge in [-0.15, -0.1) is 0 Å². The molecule has 2 aromatic heterocycles. The topological polar surface area (TPSA) is 88.9 Å². The molecule has 0 spiro atoms. The van der Waals surface area contributed by atoms with E-state index in [1.807, 2.05) is 0 Å². The normalized spacial score (nSPS) is 16.6. The predicted octanol–water partition coefficient (Wildman–Crippen LogP) is 1.68. The highest BCUT2D eigenvalue weighted by Gasteiger charge is 2.16. The first kappa shape index (κ1) is 15.9. The number of aromatic nitrogens is 3. The summed E-state index contributed by atoms with van der Waals surface area (Å²) in [6.07, 6.45) is 13.8. The Morgan fingerprint density at radius 2 is 2.17 bits per heavy atom. The van der Waals surface area contributed by atoms with Gasteiger partial charge in [0.1, 0.15) is 12.1 Å². The number of anilines is 1. The summed E-state index contributed by atoms with van der Waals surface area (Å²) >= 11 is 0. The van der Waals surface area contributed by atoms with Gasteiger partial charge in [0.15, 0.2) is 0 Å². The first-order valence-electron chi connectivity index (χ1n) is 7.91. The molecular formula is C17H19N5O2. The van der Waals surface area contributed by atoms with Gasteiger partial charge in [0, 0.05) is 18.9 Å². The molecule has 0 aromatic carbocycles. The van der Waals surface area contributed by atoms with Gasteiger partial charge in [-0.1, -0.05) is 12.2 Å². The van der Waals surface area contributed by atoms with E-state index in [0.717, 1.165) is 19.3 Å². The van der Waals surface area contributed by atoms with E-state index in [-0.39, 0.29) is 0 Å². The van der Waals surface area contributed by atoms with Gasteiger partial charge >= 0.3 is 11.8 Å². The van der Waals surface area contributed by atoms with Gasteiger partial charge in [-0.3, -0.25) is 14.2 Å². The molecule has 1 atom stereocenters. The van der Waals surface area contributed by atoms with E-state index in [0.29, 0.717) is 24.0 Å². The molecule has 2 N–H and O–H groups in total. The lowest BCUT2D eigenvalue weighted by Crippen LogP contribution is -2.38. The zero-order chi connectivity index (χ0) is 16.8. The van der Waals surface area contributed by atoms with Gasteiger partial charge in [0.25, 0.3) is 0 Å². The van der Waals surface area contributed by atoms with Gasteiger partial charge in [-0.2, -0.15) is 0 Å². The highest BCUT2D eigenvalue weighted by Crippen LogP contribution is 2.16. The number of allylic oxidation sites excluding steroid dienone is 2. The minimum absolute atomic E-state index is 0.405. The highest BCUT2D eigenvalue weighted by molar-refractivity contribution is 6.39. The summed E-state index contributed by atoms with van der Waals surface area (Å²) in [4.78, 5) is 32.0. The van der Waals surface area contributed by atoms with E-state index < -0.39 is 11.8 Å². The molecule has 0 saturated heterocycles. The molecular weight excluding hydrogens is 306 g/mol. The predicted molar refractivity (Wildman–Crippen MR) is 89.5 cm³/mol. The molecule has 3 rings (SSSR count). The second-order valence-corrected chi connectivity index (χ2v) is 5.69. The van der Waals surface area contributed by atoms with Crippen LogP contribution < -0.4 is 10.6 Å². The maximum Gasteiger partial charge on any atom is 0.313 e. The molecule has 1 aliphatic carbocycles. The lowest BCUT2D eigenvalue weighted by molar-refractivity contribution is -0.136. The molecule has 0 fully saturated rings. The molecule has 2 heterocycles. The summed E-state index contributed by atoms with van der Waals surface area (Å²) in [5.41, 5.74) is 0.472. The second-order valence-electron chi connectivity index (χ2n) is 5.69. The third kappa shape index (κ3) is 4.07. The number of nitrogens with zero attached hydrogens (tertiary/aromatic N) is 3. The molecule has 124 valence electrons.